The lowest BCUT2D eigenvalue weighted by molar-refractivity contribution is -0.201. The van der Waals surface area contributed by atoms with Gasteiger partial charge in [-0.3, -0.25) is 4.79 Å². The molecule has 0 bridgehead atoms. The molecule has 1 heterocycles. The fraction of sp³-hybridized carbons (Fsp3) is 0.444. The Labute approximate surface area is 99.2 Å². The minimum Gasteiger partial charge on any atom is -0.382 e. The van der Waals surface area contributed by atoms with E-state index < -0.39 is 24.7 Å². The first-order valence-electron chi connectivity index (χ1n) is 4.63. The van der Waals surface area contributed by atoms with Gasteiger partial charge in [0.15, 0.2) is 6.10 Å². The van der Waals surface area contributed by atoms with E-state index in [0.29, 0.717) is 10.4 Å². The predicted octanol–water partition coefficient (Wildman–Crippen LogP) is 0.860. The number of halogens is 3. The van der Waals surface area contributed by atoms with Crippen molar-refractivity contribution in [1.29, 1.82) is 0 Å². The summed E-state index contributed by atoms with van der Waals surface area (Å²) in [5.41, 5.74) is 5.34. The molecule has 0 saturated carbocycles. The number of nitrogens with two attached hydrogens (primary N) is 1. The zero-order valence-corrected chi connectivity index (χ0v) is 9.44. The molecular weight excluding hydrogens is 257 g/mol. The quantitative estimate of drug-likeness (QED) is 0.741. The lowest BCUT2D eigenvalue weighted by Crippen LogP contribution is -2.38. The monoisotopic (exact) mass is 268 g/mol. The van der Waals surface area contributed by atoms with Crippen molar-refractivity contribution in [3.05, 3.63) is 21.9 Å². The Morgan fingerprint density at radius 3 is 2.71 bits per heavy atom. The van der Waals surface area contributed by atoms with Crippen molar-refractivity contribution < 1.29 is 23.1 Å². The number of primary amides is 1. The zero-order valence-electron chi connectivity index (χ0n) is 8.62. The van der Waals surface area contributed by atoms with Crippen molar-refractivity contribution in [2.45, 2.75) is 18.8 Å². The Bertz CT molecular complexity index is 392. The third-order valence-corrected chi connectivity index (χ3v) is 2.89. The minimum atomic E-state index is -4.62. The highest BCUT2D eigenvalue weighted by Gasteiger charge is 2.37. The van der Waals surface area contributed by atoms with Gasteiger partial charge in [-0.05, 0) is 6.07 Å². The molecule has 4 nitrogen and oxygen atoms in total. The maximum Gasteiger partial charge on any atom is 0.415 e. The van der Waals surface area contributed by atoms with Gasteiger partial charge < -0.3 is 16.2 Å². The van der Waals surface area contributed by atoms with E-state index in [-0.39, 0.29) is 6.54 Å². The van der Waals surface area contributed by atoms with Crippen LogP contribution in [0.5, 0.6) is 0 Å². The Morgan fingerprint density at radius 1 is 1.59 bits per heavy atom. The van der Waals surface area contributed by atoms with Crippen molar-refractivity contribution >= 4 is 17.2 Å². The van der Waals surface area contributed by atoms with Gasteiger partial charge in [0.2, 0.25) is 5.91 Å². The van der Waals surface area contributed by atoms with Crippen LogP contribution in [0.2, 0.25) is 0 Å². The molecular formula is C9H11F3N2O2S. The molecule has 1 unspecified atom stereocenters. The van der Waals surface area contributed by atoms with Gasteiger partial charge in [0.1, 0.15) is 0 Å². The van der Waals surface area contributed by atoms with Gasteiger partial charge in [-0.2, -0.15) is 13.2 Å². The standard InChI is InChI=1S/C9H11F3N2O2S/c10-9(11,12)7(15)3-14-2-6-1-5(4-17-6)8(13)16/h1,4,7,14-15H,2-3H2,(H2,13,16). The van der Waals surface area contributed by atoms with Gasteiger partial charge in [-0.1, -0.05) is 0 Å². The summed E-state index contributed by atoms with van der Waals surface area (Å²) >= 11 is 1.21. The third kappa shape index (κ3) is 4.33. The number of hydrogen-bond donors (Lipinski definition) is 3. The van der Waals surface area contributed by atoms with E-state index in [0.717, 1.165) is 0 Å². The number of amides is 1. The van der Waals surface area contributed by atoms with Gasteiger partial charge >= 0.3 is 6.18 Å². The van der Waals surface area contributed by atoms with Crippen LogP contribution in [-0.2, 0) is 6.54 Å². The minimum absolute atomic E-state index is 0.144. The summed E-state index contributed by atoms with van der Waals surface area (Å²) in [5, 5.41) is 12.7. The van der Waals surface area contributed by atoms with Gasteiger partial charge in [0.25, 0.3) is 0 Å². The van der Waals surface area contributed by atoms with Crippen LogP contribution in [0.1, 0.15) is 15.2 Å². The fourth-order valence-electron chi connectivity index (χ4n) is 1.05. The number of thiophene rings is 1. The summed E-state index contributed by atoms with van der Waals surface area (Å²) in [5.74, 6) is -0.581. The van der Waals surface area contributed by atoms with Crippen molar-refractivity contribution in [2.75, 3.05) is 6.54 Å². The summed E-state index contributed by atoms with van der Waals surface area (Å²) in [7, 11) is 0. The van der Waals surface area contributed by atoms with Gasteiger partial charge in [0.05, 0.1) is 5.56 Å². The fourth-order valence-corrected chi connectivity index (χ4v) is 1.89. The Balaban J connectivity index is 2.38. The first-order valence-corrected chi connectivity index (χ1v) is 5.51. The molecule has 4 N–H and O–H groups in total. The highest BCUT2D eigenvalue weighted by molar-refractivity contribution is 7.10. The number of carbonyl (C=O) groups is 1. The number of alkyl halides is 3. The molecule has 0 aliphatic rings. The lowest BCUT2D eigenvalue weighted by atomic mass is 10.3. The van der Waals surface area contributed by atoms with Crippen LogP contribution in [0.4, 0.5) is 13.2 Å². The predicted molar refractivity (Wildman–Crippen MR) is 56.6 cm³/mol. The molecule has 96 valence electrons. The molecule has 0 aliphatic carbocycles. The molecule has 1 amide bonds. The maximum atomic E-state index is 11.9. The number of carbonyl (C=O) groups excluding carboxylic acids is 1. The topological polar surface area (TPSA) is 75.4 Å². The molecule has 0 spiro atoms. The molecule has 1 rings (SSSR count). The molecule has 1 aromatic heterocycles. The lowest BCUT2D eigenvalue weighted by Gasteiger charge is -2.14. The summed E-state index contributed by atoms with van der Waals surface area (Å²) in [6.07, 6.45) is -7.01. The molecule has 0 saturated heterocycles. The third-order valence-electron chi connectivity index (χ3n) is 1.95. The average molecular weight is 268 g/mol. The summed E-state index contributed by atoms with van der Waals surface area (Å²) in [6.45, 7) is -0.446. The number of aliphatic hydroxyl groups is 1. The van der Waals surface area contributed by atoms with Crippen LogP contribution >= 0.6 is 11.3 Å². The van der Waals surface area contributed by atoms with Crippen LogP contribution in [0.25, 0.3) is 0 Å². The average Bonchev–Trinajstić information content (AvgIpc) is 2.64. The zero-order chi connectivity index (χ0) is 13.1. The second-order valence-electron chi connectivity index (χ2n) is 3.35. The van der Waals surface area contributed by atoms with E-state index in [1.54, 1.807) is 0 Å². The van der Waals surface area contributed by atoms with E-state index >= 15 is 0 Å². The van der Waals surface area contributed by atoms with Gasteiger partial charge in [-0.15, -0.1) is 11.3 Å². The first kappa shape index (κ1) is 13.9. The smallest absolute Gasteiger partial charge is 0.382 e. The normalized spacial score (nSPS) is 13.6. The van der Waals surface area contributed by atoms with Crippen molar-refractivity contribution in [1.82, 2.24) is 5.32 Å². The molecule has 1 aromatic rings. The largest absolute Gasteiger partial charge is 0.415 e. The molecule has 1 atom stereocenters. The highest BCUT2D eigenvalue weighted by Crippen LogP contribution is 2.19. The summed E-state index contributed by atoms with van der Waals surface area (Å²) in [6, 6.07) is 1.50. The van der Waals surface area contributed by atoms with Crippen molar-refractivity contribution in [2.24, 2.45) is 5.73 Å². The number of aliphatic hydroxyl groups excluding tert-OH is 1. The second-order valence-corrected chi connectivity index (χ2v) is 4.35. The van der Waals surface area contributed by atoms with Crippen LogP contribution < -0.4 is 11.1 Å². The van der Waals surface area contributed by atoms with Crippen LogP contribution in [0, 0.1) is 0 Å². The van der Waals surface area contributed by atoms with Crippen LogP contribution in [0.15, 0.2) is 11.4 Å². The molecule has 0 radical (unpaired) electrons. The SMILES string of the molecule is NC(=O)c1csc(CNCC(O)C(F)(F)F)c1. The van der Waals surface area contributed by atoms with Crippen LogP contribution in [0.3, 0.4) is 0 Å². The van der Waals surface area contributed by atoms with E-state index in [9.17, 15) is 18.0 Å². The maximum absolute atomic E-state index is 11.9. The van der Waals surface area contributed by atoms with E-state index in [1.165, 1.54) is 22.8 Å². The van der Waals surface area contributed by atoms with Gasteiger partial charge in [0, 0.05) is 23.3 Å². The Morgan fingerprint density at radius 2 is 2.24 bits per heavy atom. The second kappa shape index (κ2) is 5.48. The number of rotatable bonds is 5. The molecule has 0 fully saturated rings. The molecule has 0 aliphatic heterocycles. The van der Waals surface area contributed by atoms with E-state index in [1.807, 2.05) is 0 Å². The molecule has 0 aromatic carbocycles. The number of hydrogen-bond acceptors (Lipinski definition) is 4. The van der Waals surface area contributed by atoms with E-state index in [4.69, 9.17) is 10.8 Å². The van der Waals surface area contributed by atoms with Gasteiger partial charge in [-0.25, -0.2) is 0 Å². The first-order chi connectivity index (χ1) is 7.80. The highest BCUT2D eigenvalue weighted by atomic mass is 32.1. The van der Waals surface area contributed by atoms with E-state index in [2.05, 4.69) is 5.32 Å². The summed E-state index contributed by atoms with van der Waals surface area (Å²) in [4.78, 5) is 11.4. The molecule has 8 heteroatoms. The van der Waals surface area contributed by atoms with Crippen molar-refractivity contribution in [3.8, 4) is 0 Å². The van der Waals surface area contributed by atoms with Crippen molar-refractivity contribution in [3.63, 3.8) is 0 Å². The Hall–Kier alpha value is -1.12. The summed E-state index contributed by atoms with van der Waals surface area (Å²) < 4.78 is 35.8. The number of nitrogens with one attached hydrogen (secondary N) is 1. The Kier molecular flexibility index (Phi) is 4.49. The van der Waals surface area contributed by atoms with Crippen LogP contribution in [-0.4, -0.2) is 29.8 Å². The molecule has 17 heavy (non-hydrogen) atoms.